The standard InChI is InChI=1S/C18H20F2N8O/c1-11(26-22)15(25-14-5-3-13(4-6-14)18(19)20)9-29-17-8-7-16(27-28-17)24-10-23-12(2)21/h3-8,10,18H,9,22H2,1-2H3,(H2,21,23,24,27). The molecule has 2 rings (SSSR count). The van der Waals surface area contributed by atoms with E-state index < -0.39 is 6.43 Å². The summed E-state index contributed by atoms with van der Waals surface area (Å²) < 4.78 is 30.9. The first-order valence-corrected chi connectivity index (χ1v) is 8.38. The smallest absolute Gasteiger partial charge is 0.263 e. The molecule has 0 aliphatic rings. The first-order chi connectivity index (χ1) is 13.9. The third-order valence-corrected chi connectivity index (χ3v) is 3.45. The van der Waals surface area contributed by atoms with E-state index >= 15 is 0 Å². The van der Waals surface area contributed by atoms with Crippen molar-refractivity contribution in [3.8, 4) is 5.88 Å². The van der Waals surface area contributed by atoms with E-state index in [1.54, 1.807) is 26.0 Å². The van der Waals surface area contributed by atoms with Crippen LogP contribution in [0.5, 0.6) is 5.88 Å². The van der Waals surface area contributed by atoms with Crippen LogP contribution in [0.2, 0.25) is 0 Å². The number of ether oxygens (including phenoxy) is 1. The summed E-state index contributed by atoms with van der Waals surface area (Å²) in [7, 11) is 0. The normalized spacial score (nSPS) is 13.3. The van der Waals surface area contributed by atoms with Gasteiger partial charge in [-0.3, -0.25) is 0 Å². The van der Waals surface area contributed by atoms with Gasteiger partial charge in [-0.25, -0.2) is 23.8 Å². The third-order valence-electron chi connectivity index (χ3n) is 3.45. The second-order valence-corrected chi connectivity index (χ2v) is 5.70. The summed E-state index contributed by atoms with van der Waals surface area (Å²) in [5.41, 5.74) is 6.61. The maximum atomic E-state index is 12.7. The Balaban J connectivity index is 2.09. The lowest BCUT2D eigenvalue weighted by Crippen LogP contribution is -2.21. The number of aromatic nitrogens is 2. The monoisotopic (exact) mass is 402 g/mol. The van der Waals surface area contributed by atoms with E-state index in [4.69, 9.17) is 16.3 Å². The molecule has 0 amide bonds. The van der Waals surface area contributed by atoms with Gasteiger partial charge in [0, 0.05) is 11.6 Å². The van der Waals surface area contributed by atoms with Crippen molar-refractivity contribution in [1.29, 1.82) is 0 Å². The molecule has 2 aromatic rings. The van der Waals surface area contributed by atoms with Gasteiger partial charge in [-0.1, -0.05) is 12.1 Å². The van der Waals surface area contributed by atoms with Crippen LogP contribution in [0.1, 0.15) is 25.8 Å². The maximum Gasteiger partial charge on any atom is 0.263 e. The molecule has 9 nitrogen and oxygen atoms in total. The van der Waals surface area contributed by atoms with E-state index in [0.29, 0.717) is 28.8 Å². The Bertz CT molecular complexity index is 918. The molecule has 0 bridgehead atoms. The number of amidine groups is 1. The van der Waals surface area contributed by atoms with Crippen molar-refractivity contribution in [1.82, 2.24) is 10.2 Å². The summed E-state index contributed by atoms with van der Waals surface area (Å²) in [5.74, 6) is 6.26. The van der Waals surface area contributed by atoms with Crippen LogP contribution in [-0.2, 0) is 0 Å². The van der Waals surface area contributed by atoms with E-state index in [1.165, 1.54) is 30.6 Å². The van der Waals surface area contributed by atoms with Crippen molar-refractivity contribution in [3.63, 3.8) is 0 Å². The lowest BCUT2D eigenvalue weighted by molar-refractivity contribution is 0.151. The van der Waals surface area contributed by atoms with Crippen molar-refractivity contribution in [2.45, 2.75) is 20.3 Å². The van der Waals surface area contributed by atoms with Crippen LogP contribution in [0.4, 0.5) is 20.3 Å². The summed E-state index contributed by atoms with van der Waals surface area (Å²) in [6, 6.07) is 8.72. The van der Waals surface area contributed by atoms with E-state index in [-0.39, 0.29) is 18.1 Å². The van der Waals surface area contributed by atoms with Crippen LogP contribution < -0.4 is 16.3 Å². The fourth-order valence-electron chi connectivity index (χ4n) is 1.92. The molecule has 0 aliphatic carbocycles. The molecular weight excluding hydrogens is 382 g/mol. The zero-order chi connectivity index (χ0) is 21.2. The second-order valence-electron chi connectivity index (χ2n) is 5.70. The molecule has 11 heteroatoms. The molecule has 1 aromatic heterocycles. The first-order valence-electron chi connectivity index (χ1n) is 8.38. The van der Waals surface area contributed by atoms with Gasteiger partial charge in [0.2, 0.25) is 5.88 Å². The molecule has 4 N–H and O–H groups in total. The van der Waals surface area contributed by atoms with Gasteiger partial charge in [-0.05, 0) is 32.0 Å². The minimum atomic E-state index is -2.54. The minimum Gasteiger partial charge on any atom is -0.470 e. The predicted molar refractivity (Wildman–Crippen MR) is 109 cm³/mol. The van der Waals surface area contributed by atoms with Crippen molar-refractivity contribution in [3.05, 3.63) is 42.0 Å². The fourth-order valence-corrected chi connectivity index (χ4v) is 1.92. The number of alkyl halides is 2. The van der Waals surface area contributed by atoms with E-state index in [9.17, 15) is 8.78 Å². The molecule has 152 valence electrons. The number of hydrogen-bond acceptors (Lipinski definition) is 7. The average molecular weight is 402 g/mol. The molecule has 1 heterocycles. The molecule has 1 aromatic carbocycles. The highest BCUT2D eigenvalue weighted by Gasteiger charge is 2.09. The molecule has 0 fully saturated rings. The Morgan fingerprint density at radius 3 is 2.41 bits per heavy atom. The number of aliphatic imine (C=N–C) groups is 3. The molecule has 0 radical (unpaired) electrons. The Kier molecular flexibility index (Phi) is 7.83. The van der Waals surface area contributed by atoms with Crippen LogP contribution >= 0.6 is 0 Å². The molecule has 0 saturated heterocycles. The van der Waals surface area contributed by atoms with Gasteiger partial charge < -0.3 is 16.3 Å². The number of hydrogen-bond donors (Lipinski definition) is 2. The topological polar surface area (TPSA) is 136 Å². The predicted octanol–water partition coefficient (Wildman–Crippen LogP) is 2.94. The number of hydrazone groups is 1. The van der Waals surface area contributed by atoms with Crippen molar-refractivity contribution in [2.24, 2.45) is 31.7 Å². The number of nitrogens with two attached hydrogens (primary N) is 2. The van der Waals surface area contributed by atoms with Gasteiger partial charge >= 0.3 is 0 Å². The first kappa shape index (κ1) is 21.5. The van der Waals surface area contributed by atoms with E-state index in [0.717, 1.165) is 0 Å². The van der Waals surface area contributed by atoms with Gasteiger partial charge in [0.25, 0.3) is 6.43 Å². The molecule has 0 saturated carbocycles. The van der Waals surface area contributed by atoms with E-state index in [1.807, 2.05) is 0 Å². The Morgan fingerprint density at radius 1 is 1.14 bits per heavy atom. The van der Waals surface area contributed by atoms with Crippen LogP contribution in [-0.4, -0.2) is 40.4 Å². The van der Waals surface area contributed by atoms with Gasteiger partial charge in [-0.15, -0.1) is 10.2 Å². The molecule has 0 unspecified atom stereocenters. The second kappa shape index (κ2) is 10.5. The largest absolute Gasteiger partial charge is 0.470 e. The van der Waals surface area contributed by atoms with Gasteiger partial charge in [0.1, 0.15) is 18.7 Å². The molecule has 29 heavy (non-hydrogen) atoms. The van der Waals surface area contributed by atoms with Crippen molar-refractivity contribution >= 4 is 35.1 Å². The molecule has 0 spiro atoms. The van der Waals surface area contributed by atoms with Gasteiger partial charge in [0.05, 0.1) is 17.2 Å². The van der Waals surface area contributed by atoms with Crippen LogP contribution in [0, 0.1) is 0 Å². The Hall–Kier alpha value is -3.76. The number of nitrogens with zero attached hydrogens (tertiary/aromatic N) is 6. The Labute approximate surface area is 165 Å². The summed E-state index contributed by atoms with van der Waals surface area (Å²) >= 11 is 0. The summed E-state index contributed by atoms with van der Waals surface area (Å²) in [6.07, 6.45) is -1.27. The van der Waals surface area contributed by atoms with Crippen molar-refractivity contribution in [2.75, 3.05) is 6.61 Å². The SMILES string of the molecule is CC(N)=NC=Nc1ccc(OCC(=Nc2ccc(C(F)F)cc2)C(C)=NN)nn1. The quantitative estimate of drug-likeness (QED) is 0.303. The van der Waals surface area contributed by atoms with Crippen molar-refractivity contribution < 1.29 is 13.5 Å². The number of halogens is 2. The lowest BCUT2D eigenvalue weighted by atomic mass is 10.2. The fraction of sp³-hybridized carbons (Fsp3) is 0.222. The molecular formula is C18H20F2N8O. The third kappa shape index (κ3) is 7.05. The summed E-state index contributed by atoms with van der Waals surface area (Å²) in [4.78, 5) is 12.1. The maximum absolute atomic E-state index is 12.7. The highest BCUT2D eigenvalue weighted by Crippen LogP contribution is 2.22. The zero-order valence-electron chi connectivity index (χ0n) is 15.8. The number of benzene rings is 1. The molecule has 0 atom stereocenters. The average Bonchev–Trinajstić information content (AvgIpc) is 2.71. The summed E-state index contributed by atoms with van der Waals surface area (Å²) in [5, 5.41) is 11.4. The van der Waals surface area contributed by atoms with Gasteiger partial charge in [-0.2, -0.15) is 5.10 Å². The minimum absolute atomic E-state index is 0.00289. The van der Waals surface area contributed by atoms with Crippen LogP contribution in [0.25, 0.3) is 0 Å². The zero-order valence-corrected chi connectivity index (χ0v) is 15.8. The van der Waals surface area contributed by atoms with Gasteiger partial charge in [0.15, 0.2) is 5.82 Å². The summed E-state index contributed by atoms with van der Waals surface area (Å²) in [6.45, 7) is 3.28. The highest BCUT2D eigenvalue weighted by atomic mass is 19.3. The van der Waals surface area contributed by atoms with Crippen LogP contribution in [0.3, 0.4) is 0 Å². The van der Waals surface area contributed by atoms with E-state index in [2.05, 4.69) is 30.3 Å². The lowest BCUT2D eigenvalue weighted by Gasteiger charge is -2.08. The Morgan fingerprint density at radius 2 is 1.86 bits per heavy atom. The number of rotatable bonds is 8. The van der Waals surface area contributed by atoms with Crippen LogP contribution in [0.15, 0.2) is 56.5 Å². The molecule has 0 aliphatic heterocycles. The highest BCUT2D eigenvalue weighted by molar-refractivity contribution is 6.42.